The molecule has 1 aliphatic heterocycles. The van der Waals surface area contributed by atoms with Gasteiger partial charge in [-0.15, -0.1) is 12.6 Å². The van der Waals surface area contributed by atoms with Crippen LogP contribution in [0.3, 0.4) is 0 Å². The van der Waals surface area contributed by atoms with Gasteiger partial charge >= 0.3 is 7.12 Å². The minimum atomic E-state index is -0.280. The number of nitrogens with two attached hydrogens (primary N) is 2. The van der Waals surface area contributed by atoms with Crippen molar-refractivity contribution in [2.24, 2.45) is 11.6 Å². The Morgan fingerprint density at radius 3 is 2.04 bits per heavy atom. The van der Waals surface area contributed by atoms with E-state index in [0.29, 0.717) is 6.04 Å². The summed E-state index contributed by atoms with van der Waals surface area (Å²) >= 11 is 4.26. The van der Waals surface area contributed by atoms with Gasteiger partial charge < -0.3 is 20.1 Å². The van der Waals surface area contributed by atoms with E-state index in [4.69, 9.17) is 20.9 Å². The summed E-state index contributed by atoms with van der Waals surface area (Å²) in [5, 5.41) is 1.68. The maximum Gasteiger partial charge on any atom is 0.494 e. The molecule has 25 heavy (non-hydrogen) atoms. The van der Waals surface area contributed by atoms with Gasteiger partial charge in [-0.25, -0.2) is 5.84 Å². The van der Waals surface area contributed by atoms with Crippen LogP contribution >= 0.6 is 12.6 Å². The van der Waals surface area contributed by atoms with Crippen LogP contribution in [0.15, 0.2) is 41.6 Å². The zero-order valence-corrected chi connectivity index (χ0v) is 16.5. The number of nitrogens with zero attached hydrogens (tertiary/aromatic N) is 1. The third kappa shape index (κ3) is 4.94. The molecule has 0 spiro atoms. The topological polar surface area (TPSA) is 73.7 Å². The molecule has 1 heterocycles. The molecule has 0 amide bonds. The number of hydrogen-bond donors (Lipinski definition) is 3. The Kier molecular flexibility index (Phi) is 6.48. The molecule has 4 N–H and O–H groups in total. The van der Waals surface area contributed by atoms with Crippen molar-refractivity contribution in [1.82, 2.24) is 5.01 Å². The molecule has 3 rings (SSSR count). The van der Waals surface area contributed by atoms with Crippen LogP contribution < -0.4 is 17.0 Å². The number of thiol groups is 1. The molecule has 0 radical (unpaired) electrons. The zero-order valence-electron chi connectivity index (χ0n) is 15.6. The number of rotatable bonds is 3. The van der Waals surface area contributed by atoms with Gasteiger partial charge in [0.1, 0.15) is 0 Å². The van der Waals surface area contributed by atoms with Gasteiger partial charge in [-0.1, -0.05) is 12.1 Å². The highest BCUT2D eigenvalue weighted by atomic mass is 32.1. The van der Waals surface area contributed by atoms with Crippen LogP contribution in [0.1, 0.15) is 47.0 Å². The number of hydrazine groups is 1. The van der Waals surface area contributed by atoms with Crippen LogP contribution in [-0.4, -0.2) is 29.4 Å². The Morgan fingerprint density at radius 2 is 1.64 bits per heavy atom. The van der Waals surface area contributed by atoms with Gasteiger partial charge in [-0.2, -0.15) is 0 Å². The second-order valence-corrected chi connectivity index (χ2v) is 8.07. The predicted molar refractivity (Wildman–Crippen MR) is 106 cm³/mol. The molecule has 0 bridgehead atoms. The van der Waals surface area contributed by atoms with E-state index in [0.717, 1.165) is 10.4 Å². The Balaban J connectivity index is 0.000000212. The van der Waals surface area contributed by atoms with E-state index in [-0.39, 0.29) is 18.3 Å². The minimum absolute atomic E-state index is 0.279. The molecule has 138 valence electrons. The summed E-state index contributed by atoms with van der Waals surface area (Å²) in [5.74, 6) is 5.56. The van der Waals surface area contributed by atoms with Crippen molar-refractivity contribution in [3.8, 4) is 0 Å². The molecular formula is C18H30BN3O2S. The number of benzene rings is 1. The maximum atomic E-state index is 5.94. The third-order valence-electron chi connectivity index (χ3n) is 5.17. The summed E-state index contributed by atoms with van der Waals surface area (Å²) in [6.07, 6.45) is 6.90. The molecule has 5 nitrogen and oxygen atoms in total. The molecule has 2 aliphatic rings. The fourth-order valence-corrected chi connectivity index (χ4v) is 2.67. The molecule has 2 fully saturated rings. The van der Waals surface area contributed by atoms with E-state index in [9.17, 15) is 0 Å². The fraction of sp³-hybridized carbons (Fsp3) is 0.556. The van der Waals surface area contributed by atoms with E-state index in [2.05, 4.69) is 40.3 Å². The first kappa shape index (κ1) is 20.2. The highest BCUT2D eigenvalue weighted by molar-refractivity contribution is 7.80. The Bertz CT molecular complexity index is 572. The summed E-state index contributed by atoms with van der Waals surface area (Å²) in [6.45, 7) is 8.22. The van der Waals surface area contributed by atoms with Crippen LogP contribution in [0, 0.1) is 0 Å². The highest BCUT2D eigenvalue weighted by Gasteiger charge is 2.51. The van der Waals surface area contributed by atoms with Crippen molar-refractivity contribution >= 4 is 25.2 Å². The van der Waals surface area contributed by atoms with E-state index in [1.165, 1.54) is 25.5 Å². The van der Waals surface area contributed by atoms with Gasteiger partial charge in [0.05, 0.1) is 11.2 Å². The van der Waals surface area contributed by atoms with Crippen LogP contribution in [0.25, 0.3) is 0 Å². The molecule has 1 aromatic carbocycles. The second-order valence-electron chi connectivity index (χ2n) is 7.55. The van der Waals surface area contributed by atoms with E-state index >= 15 is 0 Å². The standard InChI is InChI=1S/C12H17BO2S.C6H13N3/c1-11(2)12(3,4)15-13(14-11)9-5-7-10(16)8-6-9;7-4-5-9(8)6-2-1-3-6/h5-8,16H,1-4H3;4-6H,1-3,7-8H2/b;5-4-. The average molecular weight is 363 g/mol. The van der Waals surface area contributed by atoms with Crippen molar-refractivity contribution in [2.75, 3.05) is 0 Å². The maximum absolute atomic E-state index is 5.94. The minimum Gasteiger partial charge on any atom is -0.403 e. The molecule has 0 aromatic heterocycles. The Morgan fingerprint density at radius 1 is 1.12 bits per heavy atom. The van der Waals surface area contributed by atoms with Crippen molar-refractivity contribution < 1.29 is 9.31 Å². The molecule has 0 atom stereocenters. The summed E-state index contributed by atoms with van der Waals surface area (Å²) in [6, 6.07) is 8.42. The molecule has 1 aromatic rings. The first-order valence-electron chi connectivity index (χ1n) is 8.72. The first-order chi connectivity index (χ1) is 11.7. The first-order valence-corrected chi connectivity index (χ1v) is 9.17. The average Bonchev–Trinajstić information content (AvgIpc) is 2.67. The van der Waals surface area contributed by atoms with Gasteiger partial charge in [0.2, 0.25) is 0 Å². The number of hydrogen-bond acceptors (Lipinski definition) is 6. The summed E-state index contributed by atoms with van der Waals surface area (Å²) in [5.41, 5.74) is 5.62. The van der Waals surface area contributed by atoms with Crippen LogP contribution in [0.4, 0.5) is 0 Å². The molecule has 0 unspecified atom stereocenters. The lowest BCUT2D eigenvalue weighted by atomic mass is 9.79. The molecule has 1 saturated carbocycles. The SMILES string of the molecule is CC1(C)OB(c2ccc(S)cc2)OC1(C)C.N/C=C\N(N)C1CCC1. The predicted octanol–water partition coefficient (Wildman–Crippen LogP) is 2.42. The zero-order chi connectivity index (χ0) is 18.7. The summed E-state index contributed by atoms with van der Waals surface area (Å²) < 4.78 is 11.9. The summed E-state index contributed by atoms with van der Waals surface area (Å²) in [7, 11) is -0.279. The second kappa shape index (κ2) is 8.04. The van der Waals surface area contributed by atoms with Gasteiger partial charge in [0.25, 0.3) is 0 Å². The van der Waals surface area contributed by atoms with Crippen molar-refractivity contribution in [2.45, 2.75) is 69.1 Å². The van der Waals surface area contributed by atoms with Crippen molar-refractivity contribution in [1.29, 1.82) is 0 Å². The van der Waals surface area contributed by atoms with Crippen LogP contribution in [-0.2, 0) is 9.31 Å². The van der Waals surface area contributed by atoms with Crippen molar-refractivity contribution in [3.05, 3.63) is 36.7 Å². The Hall–Kier alpha value is -1.15. The van der Waals surface area contributed by atoms with E-state index in [1.807, 2.05) is 24.3 Å². The van der Waals surface area contributed by atoms with Crippen LogP contribution in [0.5, 0.6) is 0 Å². The van der Waals surface area contributed by atoms with Gasteiger partial charge in [-0.05, 0) is 64.6 Å². The normalized spacial score (nSPS) is 21.6. The van der Waals surface area contributed by atoms with E-state index in [1.54, 1.807) is 11.2 Å². The lowest BCUT2D eigenvalue weighted by Gasteiger charge is -2.32. The Labute approximate surface area is 157 Å². The van der Waals surface area contributed by atoms with Gasteiger partial charge in [-0.3, -0.25) is 0 Å². The van der Waals surface area contributed by atoms with Crippen molar-refractivity contribution in [3.63, 3.8) is 0 Å². The van der Waals surface area contributed by atoms with Crippen LogP contribution in [0.2, 0.25) is 0 Å². The third-order valence-corrected chi connectivity index (χ3v) is 5.47. The highest BCUT2D eigenvalue weighted by Crippen LogP contribution is 2.36. The largest absolute Gasteiger partial charge is 0.494 e. The summed E-state index contributed by atoms with van der Waals surface area (Å²) in [4.78, 5) is 0.945. The fourth-order valence-electron chi connectivity index (χ4n) is 2.52. The monoisotopic (exact) mass is 363 g/mol. The molecular weight excluding hydrogens is 333 g/mol. The quantitative estimate of drug-likeness (QED) is 0.333. The smallest absolute Gasteiger partial charge is 0.403 e. The molecule has 7 heteroatoms. The molecule has 1 saturated heterocycles. The van der Waals surface area contributed by atoms with Gasteiger partial charge in [0, 0.05) is 23.3 Å². The van der Waals surface area contributed by atoms with Gasteiger partial charge in [0.15, 0.2) is 0 Å². The lowest BCUT2D eigenvalue weighted by Crippen LogP contribution is -2.41. The van der Waals surface area contributed by atoms with E-state index < -0.39 is 0 Å². The lowest BCUT2D eigenvalue weighted by molar-refractivity contribution is 0.00578. The molecule has 1 aliphatic carbocycles.